The third kappa shape index (κ3) is 1.29. The molecule has 0 amide bonds. The van der Waals surface area contributed by atoms with Gasteiger partial charge in [0.05, 0.1) is 7.11 Å². The van der Waals surface area contributed by atoms with E-state index in [0.29, 0.717) is 5.57 Å². The maximum absolute atomic E-state index is 12.2. The summed E-state index contributed by atoms with van der Waals surface area (Å²) in [6, 6.07) is 0. The number of fused-ring (bicyclic) bond motifs is 1. The lowest BCUT2D eigenvalue weighted by Gasteiger charge is -2.46. The number of ether oxygens (including phenoxy) is 3. The Labute approximate surface area is 115 Å². The second-order valence-electron chi connectivity index (χ2n) is 6.52. The molecule has 2 rings (SSSR count). The summed E-state index contributed by atoms with van der Waals surface area (Å²) in [5.41, 5.74) is -0.355. The zero-order valence-corrected chi connectivity index (χ0v) is 13.1. The van der Waals surface area contributed by atoms with Crippen LogP contribution in [0.1, 0.15) is 41.5 Å². The van der Waals surface area contributed by atoms with Gasteiger partial charge in [-0.15, -0.1) is 0 Å². The molecular weight excluding hydrogens is 244 g/mol. The van der Waals surface area contributed by atoms with Crippen LogP contribution < -0.4 is 0 Å². The van der Waals surface area contributed by atoms with Crippen molar-refractivity contribution in [2.45, 2.75) is 58.3 Å². The van der Waals surface area contributed by atoms with E-state index in [4.69, 9.17) is 14.2 Å². The molecule has 1 heterocycles. The van der Waals surface area contributed by atoms with E-state index < -0.39 is 22.2 Å². The minimum Gasteiger partial charge on any atom is -0.466 e. The lowest BCUT2D eigenvalue weighted by Crippen LogP contribution is -2.57. The predicted octanol–water partition coefficient (Wildman–Crippen LogP) is 2.47. The zero-order valence-electron chi connectivity index (χ0n) is 13.1. The van der Waals surface area contributed by atoms with E-state index in [-0.39, 0.29) is 5.97 Å². The SMILES string of the molecule is COC(=O)C1=C(C)C(C)(OC)C2(C)OC2(C)C1(C)C. The number of carbonyl (C=O) groups excluding carboxylic acids is 1. The number of epoxide rings is 1. The van der Waals surface area contributed by atoms with Crippen LogP contribution in [0.5, 0.6) is 0 Å². The van der Waals surface area contributed by atoms with Gasteiger partial charge in [-0.3, -0.25) is 0 Å². The van der Waals surface area contributed by atoms with Gasteiger partial charge in [0.1, 0.15) is 16.8 Å². The quantitative estimate of drug-likeness (QED) is 0.570. The molecule has 1 saturated heterocycles. The van der Waals surface area contributed by atoms with Crippen LogP contribution >= 0.6 is 0 Å². The van der Waals surface area contributed by atoms with Crippen LogP contribution in [0, 0.1) is 5.41 Å². The van der Waals surface area contributed by atoms with E-state index in [9.17, 15) is 4.79 Å². The van der Waals surface area contributed by atoms with Gasteiger partial charge in [0.2, 0.25) is 0 Å². The van der Waals surface area contributed by atoms with Gasteiger partial charge in [-0.05, 0) is 33.3 Å². The van der Waals surface area contributed by atoms with Crippen molar-refractivity contribution < 1.29 is 19.0 Å². The Morgan fingerprint density at radius 2 is 1.58 bits per heavy atom. The highest BCUT2D eigenvalue weighted by molar-refractivity contribution is 5.92. The molecule has 19 heavy (non-hydrogen) atoms. The molecule has 2 aliphatic rings. The molecule has 0 aromatic heterocycles. The van der Waals surface area contributed by atoms with Gasteiger partial charge in [0, 0.05) is 18.1 Å². The third-order valence-corrected chi connectivity index (χ3v) is 5.89. The van der Waals surface area contributed by atoms with Crippen LogP contribution in [0.3, 0.4) is 0 Å². The Kier molecular flexibility index (Phi) is 2.76. The number of methoxy groups -OCH3 is 2. The molecule has 0 aromatic carbocycles. The molecule has 3 atom stereocenters. The molecule has 4 nitrogen and oxygen atoms in total. The van der Waals surface area contributed by atoms with Gasteiger partial charge in [0.15, 0.2) is 0 Å². The van der Waals surface area contributed by atoms with Gasteiger partial charge in [-0.1, -0.05) is 13.8 Å². The Hall–Kier alpha value is -0.870. The van der Waals surface area contributed by atoms with Gasteiger partial charge in [-0.25, -0.2) is 4.79 Å². The van der Waals surface area contributed by atoms with Crippen molar-refractivity contribution in [3.05, 3.63) is 11.1 Å². The smallest absolute Gasteiger partial charge is 0.334 e. The number of rotatable bonds is 2. The van der Waals surface area contributed by atoms with Crippen LogP contribution in [0.25, 0.3) is 0 Å². The fraction of sp³-hybridized carbons (Fsp3) is 0.800. The first-order chi connectivity index (χ1) is 8.53. The molecule has 108 valence electrons. The summed E-state index contributed by atoms with van der Waals surface area (Å²) in [6.45, 7) is 12.1. The lowest BCUT2D eigenvalue weighted by molar-refractivity contribution is -0.138. The van der Waals surface area contributed by atoms with E-state index in [1.165, 1.54) is 7.11 Å². The first-order valence-corrected chi connectivity index (χ1v) is 6.59. The van der Waals surface area contributed by atoms with Crippen LogP contribution in [0.15, 0.2) is 11.1 Å². The van der Waals surface area contributed by atoms with Crippen molar-refractivity contribution >= 4 is 5.97 Å². The molecule has 0 aromatic rings. The Morgan fingerprint density at radius 3 is 2.00 bits per heavy atom. The molecule has 3 unspecified atom stereocenters. The summed E-state index contributed by atoms with van der Waals surface area (Å²) in [4.78, 5) is 12.2. The standard InChI is InChI=1S/C15H24O4/c1-9-10(11(16)17-7)12(2,3)14(5)15(6,19-14)13(9,4)18-8/h1-8H3. The van der Waals surface area contributed by atoms with Crippen LogP contribution in [0.2, 0.25) is 0 Å². The van der Waals surface area contributed by atoms with Crippen LogP contribution in [-0.4, -0.2) is 37.0 Å². The fourth-order valence-electron chi connectivity index (χ4n) is 3.82. The molecule has 1 aliphatic carbocycles. The molecule has 0 N–H and O–H groups in total. The summed E-state index contributed by atoms with van der Waals surface area (Å²) in [7, 11) is 3.07. The average molecular weight is 268 g/mol. The van der Waals surface area contributed by atoms with Gasteiger partial charge in [0.25, 0.3) is 0 Å². The Balaban J connectivity index is 2.73. The summed E-state index contributed by atoms with van der Waals surface area (Å²) in [5.74, 6) is -0.301. The molecule has 0 spiro atoms. The second kappa shape index (κ2) is 3.61. The number of hydrogen-bond acceptors (Lipinski definition) is 4. The molecule has 0 radical (unpaired) electrons. The fourth-order valence-corrected chi connectivity index (χ4v) is 3.82. The molecule has 4 heteroatoms. The maximum atomic E-state index is 12.2. The van der Waals surface area contributed by atoms with Crippen LogP contribution in [-0.2, 0) is 19.0 Å². The van der Waals surface area contributed by atoms with Crippen molar-refractivity contribution in [1.29, 1.82) is 0 Å². The number of esters is 1. The van der Waals surface area contributed by atoms with Crippen molar-refractivity contribution in [1.82, 2.24) is 0 Å². The Bertz CT molecular complexity index is 479. The predicted molar refractivity (Wildman–Crippen MR) is 71.8 cm³/mol. The van der Waals surface area contributed by atoms with Crippen molar-refractivity contribution in [3.63, 3.8) is 0 Å². The Morgan fingerprint density at radius 1 is 1.05 bits per heavy atom. The topological polar surface area (TPSA) is 48.1 Å². The number of hydrogen-bond donors (Lipinski definition) is 0. The lowest BCUT2D eigenvalue weighted by atomic mass is 9.57. The third-order valence-electron chi connectivity index (χ3n) is 5.89. The maximum Gasteiger partial charge on any atom is 0.334 e. The van der Waals surface area contributed by atoms with E-state index in [0.717, 1.165) is 5.57 Å². The van der Waals surface area contributed by atoms with Gasteiger partial charge >= 0.3 is 5.97 Å². The van der Waals surface area contributed by atoms with E-state index in [1.54, 1.807) is 7.11 Å². The normalized spacial score (nSPS) is 43.8. The monoisotopic (exact) mass is 268 g/mol. The summed E-state index contributed by atoms with van der Waals surface area (Å²) in [5, 5.41) is 0. The summed E-state index contributed by atoms with van der Waals surface area (Å²) >= 11 is 0. The minimum atomic E-state index is -0.624. The summed E-state index contributed by atoms with van der Waals surface area (Å²) in [6.07, 6.45) is 0. The summed E-state index contributed by atoms with van der Waals surface area (Å²) < 4.78 is 16.8. The van der Waals surface area contributed by atoms with Crippen molar-refractivity contribution in [3.8, 4) is 0 Å². The van der Waals surface area contributed by atoms with E-state index >= 15 is 0 Å². The molecule has 0 bridgehead atoms. The highest BCUT2D eigenvalue weighted by Crippen LogP contribution is 2.70. The highest BCUT2D eigenvalue weighted by Gasteiger charge is 2.81. The van der Waals surface area contributed by atoms with E-state index in [1.807, 2.05) is 34.6 Å². The highest BCUT2D eigenvalue weighted by atomic mass is 16.7. The van der Waals surface area contributed by atoms with Gasteiger partial charge < -0.3 is 14.2 Å². The number of carbonyl (C=O) groups is 1. The molecule has 1 aliphatic heterocycles. The minimum absolute atomic E-state index is 0.301. The van der Waals surface area contributed by atoms with Crippen molar-refractivity contribution in [2.75, 3.05) is 14.2 Å². The average Bonchev–Trinajstić information content (AvgIpc) is 2.93. The first kappa shape index (κ1) is 14.5. The second-order valence-corrected chi connectivity index (χ2v) is 6.52. The molecule has 0 saturated carbocycles. The first-order valence-electron chi connectivity index (χ1n) is 6.59. The largest absolute Gasteiger partial charge is 0.466 e. The van der Waals surface area contributed by atoms with E-state index in [2.05, 4.69) is 6.92 Å². The zero-order chi connectivity index (χ0) is 14.9. The molecule has 1 fully saturated rings. The molecular formula is C15H24O4. The van der Waals surface area contributed by atoms with Crippen LogP contribution in [0.4, 0.5) is 0 Å². The van der Waals surface area contributed by atoms with Crippen molar-refractivity contribution in [2.24, 2.45) is 5.41 Å². The van der Waals surface area contributed by atoms with Gasteiger partial charge in [-0.2, -0.15) is 0 Å².